The van der Waals surface area contributed by atoms with Crippen LogP contribution in [0.1, 0.15) is 32.1 Å². The van der Waals surface area contributed by atoms with Crippen LogP contribution in [0.15, 0.2) is 53.1 Å². The number of hydrogen-bond donors (Lipinski definition) is 1. The van der Waals surface area contributed by atoms with E-state index < -0.39 is 11.7 Å². The standard InChI is InChI=1S/C20H26N2O4/c1-20(2,3)26-19(24)21-14-18(23)22(15-17-10-7-13-25-17)12-11-16-8-5-4-6-9-16/h4-10,13H,11-12,14-15H2,1-3H3,(H,21,24). The molecule has 6 heteroatoms. The Labute approximate surface area is 154 Å². The predicted octanol–water partition coefficient (Wildman–Crippen LogP) is 3.38. The first-order valence-electron chi connectivity index (χ1n) is 8.64. The van der Waals surface area contributed by atoms with Gasteiger partial charge in [-0.05, 0) is 44.9 Å². The number of rotatable bonds is 7. The van der Waals surface area contributed by atoms with Gasteiger partial charge in [-0.25, -0.2) is 4.79 Å². The van der Waals surface area contributed by atoms with Crippen LogP contribution >= 0.6 is 0 Å². The van der Waals surface area contributed by atoms with Crippen molar-refractivity contribution in [2.24, 2.45) is 0 Å². The zero-order chi connectivity index (χ0) is 19.0. The molecular weight excluding hydrogens is 332 g/mol. The lowest BCUT2D eigenvalue weighted by molar-refractivity contribution is -0.131. The Morgan fingerprint density at radius 3 is 2.46 bits per heavy atom. The summed E-state index contributed by atoms with van der Waals surface area (Å²) in [5.74, 6) is 0.506. The average Bonchev–Trinajstić information content (AvgIpc) is 3.09. The minimum atomic E-state index is -0.605. The van der Waals surface area contributed by atoms with E-state index in [1.807, 2.05) is 36.4 Å². The van der Waals surface area contributed by atoms with Crippen molar-refractivity contribution >= 4 is 12.0 Å². The number of benzene rings is 1. The molecule has 0 radical (unpaired) electrons. The molecule has 0 saturated heterocycles. The maximum Gasteiger partial charge on any atom is 0.408 e. The summed E-state index contributed by atoms with van der Waals surface area (Å²) in [5.41, 5.74) is 0.540. The number of alkyl carbamates (subject to hydrolysis) is 1. The summed E-state index contributed by atoms with van der Waals surface area (Å²) in [6, 6.07) is 13.6. The number of amides is 2. The van der Waals surface area contributed by atoms with Crippen molar-refractivity contribution in [3.8, 4) is 0 Å². The van der Waals surface area contributed by atoms with Gasteiger partial charge in [-0.1, -0.05) is 30.3 Å². The predicted molar refractivity (Wildman–Crippen MR) is 98.5 cm³/mol. The Kier molecular flexibility index (Phi) is 6.83. The van der Waals surface area contributed by atoms with E-state index in [1.54, 1.807) is 38.0 Å². The number of nitrogens with zero attached hydrogens (tertiary/aromatic N) is 1. The Hall–Kier alpha value is -2.76. The summed E-state index contributed by atoms with van der Waals surface area (Å²) in [5, 5.41) is 2.51. The normalized spacial score (nSPS) is 11.0. The highest BCUT2D eigenvalue weighted by atomic mass is 16.6. The van der Waals surface area contributed by atoms with Crippen LogP contribution in [0.5, 0.6) is 0 Å². The van der Waals surface area contributed by atoms with Crippen molar-refractivity contribution in [1.29, 1.82) is 0 Å². The molecule has 0 atom stereocenters. The van der Waals surface area contributed by atoms with Gasteiger partial charge in [0.15, 0.2) is 0 Å². The van der Waals surface area contributed by atoms with E-state index in [4.69, 9.17) is 9.15 Å². The second kappa shape index (κ2) is 9.08. The molecule has 0 fully saturated rings. The molecule has 2 amide bonds. The molecule has 0 spiro atoms. The number of nitrogens with one attached hydrogen (secondary N) is 1. The van der Waals surface area contributed by atoms with Crippen LogP contribution in [0.25, 0.3) is 0 Å². The summed E-state index contributed by atoms with van der Waals surface area (Å²) in [6.45, 7) is 6.09. The van der Waals surface area contributed by atoms with Crippen molar-refractivity contribution in [3.05, 3.63) is 60.1 Å². The minimum absolute atomic E-state index is 0.121. The van der Waals surface area contributed by atoms with Crippen LogP contribution in [0, 0.1) is 0 Å². The summed E-state index contributed by atoms with van der Waals surface area (Å²) < 4.78 is 10.5. The smallest absolute Gasteiger partial charge is 0.408 e. The fraction of sp³-hybridized carbons (Fsp3) is 0.400. The number of carbonyl (C=O) groups excluding carboxylic acids is 2. The molecule has 6 nitrogen and oxygen atoms in total. The first-order valence-corrected chi connectivity index (χ1v) is 8.64. The Bertz CT molecular complexity index is 690. The monoisotopic (exact) mass is 358 g/mol. The summed E-state index contributed by atoms with van der Waals surface area (Å²) >= 11 is 0. The van der Waals surface area contributed by atoms with Crippen molar-refractivity contribution in [1.82, 2.24) is 10.2 Å². The van der Waals surface area contributed by atoms with Crippen molar-refractivity contribution in [2.75, 3.05) is 13.1 Å². The topological polar surface area (TPSA) is 71.8 Å². The van der Waals surface area contributed by atoms with Gasteiger partial charge < -0.3 is 19.4 Å². The highest BCUT2D eigenvalue weighted by molar-refractivity contribution is 5.82. The van der Waals surface area contributed by atoms with Gasteiger partial charge in [-0.2, -0.15) is 0 Å². The maximum atomic E-state index is 12.6. The van der Waals surface area contributed by atoms with Crippen LogP contribution in [0.2, 0.25) is 0 Å². The van der Waals surface area contributed by atoms with Crippen LogP contribution in [-0.4, -0.2) is 35.6 Å². The molecule has 2 aromatic rings. The molecular formula is C20H26N2O4. The van der Waals surface area contributed by atoms with Crippen molar-refractivity contribution in [2.45, 2.75) is 39.3 Å². The third-order valence-corrected chi connectivity index (χ3v) is 3.58. The largest absolute Gasteiger partial charge is 0.467 e. The number of carbonyl (C=O) groups is 2. The molecule has 1 aromatic heterocycles. The Balaban J connectivity index is 1.93. The first-order chi connectivity index (χ1) is 12.3. The molecule has 2 rings (SSSR count). The van der Waals surface area contributed by atoms with Gasteiger partial charge in [0.1, 0.15) is 17.9 Å². The quantitative estimate of drug-likeness (QED) is 0.824. The molecule has 26 heavy (non-hydrogen) atoms. The zero-order valence-electron chi connectivity index (χ0n) is 15.5. The summed E-state index contributed by atoms with van der Waals surface area (Å²) in [6.07, 6.45) is 1.69. The van der Waals surface area contributed by atoms with Gasteiger partial charge in [0.25, 0.3) is 0 Å². The highest BCUT2D eigenvalue weighted by Gasteiger charge is 2.19. The zero-order valence-corrected chi connectivity index (χ0v) is 15.5. The molecule has 0 bridgehead atoms. The van der Waals surface area contributed by atoms with E-state index in [0.29, 0.717) is 18.8 Å². The lowest BCUT2D eigenvalue weighted by Crippen LogP contribution is -2.42. The summed E-state index contributed by atoms with van der Waals surface area (Å²) in [4.78, 5) is 26.0. The fourth-order valence-corrected chi connectivity index (χ4v) is 2.37. The van der Waals surface area contributed by atoms with E-state index in [1.165, 1.54) is 0 Å². The Morgan fingerprint density at radius 2 is 1.85 bits per heavy atom. The van der Waals surface area contributed by atoms with Gasteiger partial charge in [-0.3, -0.25) is 4.79 Å². The van der Waals surface area contributed by atoms with Crippen molar-refractivity contribution < 1.29 is 18.7 Å². The molecule has 1 N–H and O–H groups in total. The summed E-state index contributed by atoms with van der Waals surface area (Å²) in [7, 11) is 0. The molecule has 1 heterocycles. The Morgan fingerprint density at radius 1 is 1.12 bits per heavy atom. The molecule has 0 unspecified atom stereocenters. The molecule has 0 aliphatic rings. The number of furan rings is 1. The van der Waals surface area contributed by atoms with E-state index >= 15 is 0 Å². The number of hydrogen-bond acceptors (Lipinski definition) is 4. The van der Waals surface area contributed by atoms with Gasteiger partial charge in [0, 0.05) is 6.54 Å². The van der Waals surface area contributed by atoms with Crippen LogP contribution < -0.4 is 5.32 Å². The van der Waals surface area contributed by atoms with Crippen LogP contribution in [0.4, 0.5) is 4.79 Å². The molecule has 140 valence electrons. The van der Waals surface area contributed by atoms with Gasteiger partial charge >= 0.3 is 6.09 Å². The maximum absolute atomic E-state index is 12.6. The van der Waals surface area contributed by atoms with E-state index in [9.17, 15) is 9.59 Å². The third kappa shape index (κ3) is 7.01. The molecule has 0 saturated carbocycles. The van der Waals surface area contributed by atoms with E-state index in [-0.39, 0.29) is 12.5 Å². The van der Waals surface area contributed by atoms with E-state index in [2.05, 4.69) is 5.32 Å². The van der Waals surface area contributed by atoms with Crippen LogP contribution in [0.3, 0.4) is 0 Å². The van der Waals surface area contributed by atoms with Gasteiger partial charge in [-0.15, -0.1) is 0 Å². The van der Waals surface area contributed by atoms with E-state index in [0.717, 1.165) is 12.0 Å². The average molecular weight is 358 g/mol. The highest BCUT2D eigenvalue weighted by Crippen LogP contribution is 2.09. The fourth-order valence-electron chi connectivity index (χ4n) is 2.37. The molecule has 0 aliphatic carbocycles. The number of ether oxygens (including phenoxy) is 1. The van der Waals surface area contributed by atoms with Gasteiger partial charge in [0.2, 0.25) is 5.91 Å². The SMILES string of the molecule is CC(C)(C)OC(=O)NCC(=O)N(CCc1ccccc1)Cc1ccco1. The second-order valence-electron chi connectivity index (χ2n) is 6.99. The lowest BCUT2D eigenvalue weighted by atomic mass is 10.1. The third-order valence-electron chi connectivity index (χ3n) is 3.58. The van der Waals surface area contributed by atoms with Crippen molar-refractivity contribution in [3.63, 3.8) is 0 Å². The minimum Gasteiger partial charge on any atom is -0.467 e. The first kappa shape index (κ1) is 19.6. The molecule has 1 aromatic carbocycles. The van der Waals surface area contributed by atoms with Crippen LogP contribution in [-0.2, 0) is 22.5 Å². The lowest BCUT2D eigenvalue weighted by Gasteiger charge is -2.23. The molecule has 0 aliphatic heterocycles. The van der Waals surface area contributed by atoms with Gasteiger partial charge in [0.05, 0.1) is 12.8 Å². The second-order valence-corrected chi connectivity index (χ2v) is 6.99.